The predicted octanol–water partition coefficient (Wildman–Crippen LogP) is 3.58. The van der Waals surface area contributed by atoms with Crippen LogP contribution in [0.1, 0.15) is 56.5 Å². The molecule has 0 spiro atoms. The van der Waals surface area contributed by atoms with Crippen LogP contribution in [0.25, 0.3) is 0 Å². The monoisotopic (exact) mass is 321 g/mol. The molecule has 0 saturated heterocycles. The molecule has 1 fully saturated rings. The van der Waals surface area contributed by atoms with Crippen molar-refractivity contribution in [3.8, 4) is 0 Å². The Labute approximate surface area is 137 Å². The van der Waals surface area contributed by atoms with E-state index < -0.39 is 0 Å². The summed E-state index contributed by atoms with van der Waals surface area (Å²) in [5.74, 6) is 0.679. The first-order valence-corrected chi connectivity index (χ1v) is 9.05. The number of aryl methyl sites for hydroxylation is 2. The molecule has 1 amide bonds. The van der Waals surface area contributed by atoms with Crippen LogP contribution in [0.3, 0.4) is 0 Å². The van der Waals surface area contributed by atoms with Crippen molar-refractivity contribution in [1.82, 2.24) is 15.3 Å². The smallest absolute Gasteiger partial charge is 0.233 e. The minimum absolute atomic E-state index is 0.100. The van der Waals surface area contributed by atoms with E-state index in [0.29, 0.717) is 17.1 Å². The van der Waals surface area contributed by atoms with Crippen LogP contribution < -0.4 is 5.32 Å². The number of hydrogen-bond acceptors (Lipinski definition) is 4. The van der Waals surface area contributed by atoms with E-state index in [1.165, 1.54) is 31.0 Å². The summed E-state index contributed by atoms with van der Waals surface area (Å²) >= 11 is 1.44. The van der Waals surface area contributed by atoms with E-state index in [9.17, 15) is 4.79 Å². The van der Waals surface area contributed by atoms with E-state index in [4.69, 9.17) is 0 Å². The van der Waals surface area contributed by atoms with Gasteiger partial charge in [-0.15, -0.1) is 0 Å². The minimum atomic E-state index is -0.171. The number of carbonyl (C=O) groups is 1. The highest BCUT2D eigenvalue weighted by molar-refractivity contribution is 8.00. The lowest BCUT2D eigenvalue weighted by atomic mass is 9.86. The Balaban J connectivity index is 1.96. The molecule has 4 nitrogen and oxygen atoms in total. The molecule has 0 aliphatic heterocycles. The van der Waals surface area contributed by atoms with Gasteiger partial charge >= 0.3 is 0 Å². The summed E-state index contributed by atoms with van der Waals surface area (Å²) in [5.41, 5.74) is 3.10. The van der Waals surface area contributed by atoms with Gasteiger partial charge in [-0.05, 0) is 52.0 Å². The van der Waals surface area contributed by atoms with Gasteiger partial charge in [0.15, 0.2) is 5.16 Å². The van der Waals surface area contributed by atoms with Crippen molar-refractivity contribution in [2.45, 2.75) is 76.8 Å². The number of hydrogen-bond donors (Lipinski definition) is 1. The fraction of sp³-hybridized carbons (Fsp3) is 0.706. The fourth-order valence-electron chi connectivity index (χ4n) is 2.84. The van der Waals surface area contributed by atoms with E-state index in [0.717, 1.165) is 23.4 Å². The first kappa shape index (κ1) is 17.3. The summed E-state index contributed by atoms with van der Waals surface area (Å²) in [7, 11) is 0. The van der Waals surface area contributed by atoms with Gasteiger partial charge in [0, 0.05) is 17.4 Å². The first-order valence-electron chi connectivity index (χ1n) is 8.17. The van der Waals surface area contributed by atoms with Gasteiger partial charge in [0.25, 0.3) is 0 Å². The molecule has 1 heterocycles. The maximum absolute atomic E-state index is 12.4. The third kappa shape index (κ3) is 4.22. The third-order valence-corrected chi connectivity index (χ3v) is 5.66. The molecule has 5 heteroatoms. The van der Waals surface area contributed by atoms with Crippen LogP contribution in [0.2, 0.25) is 0 Å². The minimum Gasteiger partial charge on any atom is -0.352 e. The Morgan fingerprint density at radius 1 is 1.18 bits per heavy atom. The van der Waals surface area contributed by atoms with E-state index in [-0.39, 0.29) is 11.2 Å². The van der Waals surface area contributed by atoms with Crippen molar-refractivity contribution in [2.75, 3.05) is 0 Å². The standard InChI is InChI=1S/C17H27N3OS/c1-10-8-6-7-9-15(10)20-16(21)14(5)22-17-18-12(3)11(2)13(4)19-17/h10,14-15H,6-9H2,1-5H3,(H,20,21)/t10-,14-,15-/m0/s1. The quantitative estimate of drug-likeness (QED) is 0.680. The second-order valence-electron chi connectivity index (χ2n) is 6.44. The van der Waals surface area contributed by atoms with Crippen molar-refractivity contribution in [3.63, 3.8) is 0 Å². The number of aromatic nitrogens is 2. The van der Waals surface area contributed by atoms with Gasteiger partial charge in [-0.1, -0.05) is 31.5 Å². The van der Waals surface area contributed by atoms with Crippen LogP contribution in [0.4, 0.5) is 0 Å². The van der Waals surface area contributed by atoms with Crippen molar-refractivity contribution < 1.29 is 4.79 Å². The maximum Gasteiger partial charge on any atom is 0.233 e. The van der Waals surface area contributed by atoms with Gasteiger partial charge in [-0.3, -0.25) is 4.79 Å². The van der Waals surface area contributed by atoms with E-state index in [1.54, 1.807) is 0 Å². The molecular formula is C17H27N3OS. The molecule has 2 rings (SSSR count). The van der Waals surface area contributed by atoms with Crippen molar-refractivity contribution in [3.05, 3.63) is 17.0 Å². The fourth-order valence-corrected chi connectivity index (χ4v) is 3.71. The van der Waals surface area contributed by atoms with Gasteiger partial charge in [0.05, 0.1) is 5.25 Å². The molecule has 0 aromatic carbocycles. The van der Waals surface area contributed by atoms with Crippen LogP contribution in [0.15, 0.2) is 5.16 Å². The molecule has 22 heavy (non-hydrogen) atoms. The first-order chi connectivity index (χ1) is 10.4. The highest BCUT2D eigenvalue weighted by Gasteiger charge is 2.25. The summed E-state index contributed by atoms with van der Waals surface area (Å²) in [6.45, 7) is 10.2. The second kappa shape index (κ2) is 7.44. The van der Waals surface area contributed by atoms with E-state index in [2.05, 4.69) is 22.2 Å². The molecule has 1 aromatic rings. The molecule has 0 radical (unpaired) electrons. The van der Waals surface area contributed by atoms with E-state index >= 15 is 0 Å². The Morgan fingerprint density at radius 2 is 1.77 bits per heavy atom. The number of nitrogens with one attached hydrogen (secondary N) is 1. The normalized spacial score (nSPS) is 23.1. The van der Waals surface area contributed by atoms with Gasteiger partial charge in [0.1, 0.15) is 0 Å². The molecule has 122 valence electrons. The molecule has 1 saturated carbocycles. The number of carbonyl (C=O) groups excluding carboxylic acids is 1. The average Bonchev–Trinajstić information content (AvgIpc) is 2.47. The molecular weight excluding hydrogens is 294 g/mol. The molecule has 0 unspecified atom stereocenters. The van der Waals surface area contributed by atoms with Crippen molar-refractivity contribution in [2.24, 2.45) is 5.92 Å². The second-order valence-corrected chi connectivity index (χ2v) is 7.75. The number of rotatable bonds is 4. The molecule has 0 bridgehead atoms. The molecule has 1 aliphatic rings. The third-order valence-electron chi connectivity index (χ3n) is 4.70. The van der Waals surface area contributed by atoms with Crippen molar-refractivity contribution >= 4 is 17.7 Å². The molecule has 1 aliphatic carbocycles. The van der Waals surface area contributed by atoms with Crippen LogP contribution in [0, 0.1) is 26.7 Å². The zero-order valence-electron chi connectivity index (χ0n) is 14.3. The highest BCUT2D eigenvalue weighted by atomic mass is 32.2. The van der Waals surface area contributed by atoms with Gasteiger partial charge in [-0.25, -0.2) is 9.97 Å². The lowest BCUT2D eigenvalue weighted by Crippen LogP contribution is -2.44. The summed E-state index contributed by atoms with van der Waals surface area (Å²) < 4.78 is 0. The van der Waals surface area contributed by atoms with Crippen LogP contribution in [-0.2, 0) is 4.79 Å². The van der Waals surface area contributed by atoms with E-state index in [1.807, 2.05) is 27.7 Å². The van der Waals surface area contributed by atoms with Crippen LogP contribution in [-0.4, -0.2) is 27.2 Å². The summed E-state index contributed by atoms with van der Waals surface area (Å²) in [5, 5.41) is 3.74. The number of thioether (sulfide) groups is 1. The Bertz CT molecular complexity index is 524. The number of amides is 1. The largest absolute Gasteiger partial charge is 0.352 e. The lowest BCUT2D eigenvalue weighted by Gasteiger charge is -2.30. The molecule has 3 atom stereocenters. The summed E-state index contributed by atoms with van der Waals surface area (Å²) in [6, 6.07) is 0.326. The Kier molecular flexibility index (Phi) is 5.84. The Hall–Kier alpha value is -1.10. The lowest BCUT2D eigenvalue weighted by molar-refractivity contribution is -0.121. The average molecular weight is 321 g/mol. The van der Waals surface area contributed by atoms with Crippen molar-refractivity contribution in [1.29, 1.82) is 0 Å². The van der Waals surface area contributed by atoms with Gasteiger partial charge in [-0.2, -0.15) is 0 Å². The topological polar surface area (TPSA) is 54.9 Å². The van der Waals surface area contributed by atoms with Gasteiger partial charge in [0.2, 0.25) is 5.91 Å². The van der Waals surface area contributed by atoms with Crippen LogP contribution in [0.5, 0.6) is 0 Å². The zero-order chi connectivity index (χ0) is 16.3. The van der Waals surface area contributed by atoms with Crippen LogP contribution >= 0.6 is 11.8 Å². The SMILES string of the molecule is Cc1nc(S[C@@H](C)C(=O)N[C@H]2CCCC[C@@H]2C)nc(C)c1C. The zero-order valence-corrected chi connectivity index (χ0v) is 15.1. The Morgan fingerprint density at radius 3 is 2.36 bits per heavy atom. The number of nitrogens with zero attached hydrogens (tertiary/aromatic N) is 2. The maximum atomic E-state index is 12.4. The molecule has 1 N–H and O–H groups in total. The summed E-state index contributed by atoms with van der Waals surface area (Å²) in [6.07, 6.45) is 4.82. The highest BCUT2D eigenvalue weighted by Crippen LogP contribution is 2.26. The molecule has 1 aromatic heterocycles. The summed E-state index contributed by atoms with van der Waals surface area (Å²) in [4.78, 5) is 21.4. The van der Waals surface area contributed by atoms with Gasteiger partial charge < -0.3 is 5.32 Å². The predicted molar refractivity (Wildman–Crippen MR) is 91.1 cm³/mol.